The topological polar surface area (TPSA) is 63.7 Å². The zero-order valence-corrected chi connectivity index (χ0v) is 15.9. The molecule has 0 aliphatic carbocycles. The van der Waals surface area contributed by atoms with Crippen LogP contribution in [0.5, 0.6) is 5.75 Å². The number of aryl methyl sites for hydroxylation is 1. The summed E-state index contributed by atoms with van der Waals surface area (Å²) in [6, 6.07) is 11.1. The van der Waals surface area contributed by atoms with Crippen LogP contribution in [-0.2, 0) is 10.0 Å². The van der Waals surface area contributed by atoms with Gasteiger partial charge in [-0.1, -0.05) is 43.1 Å². The van der Waals surface area contributed by atoms with Crippen LogP contribution in [0.1, 0.15) is 29.8 Å². The predicted molar refractivity (Wildman–Crippen MR) is 97.7 cm³/mol. The number of carbonyl (C=O) groups excluding carboxylic acids is 1. The van der Waals surface area contributed by atoms with Gasteiger partial charge in [0.05, 0.1) is 10.6 Å². The van der Waals surface area contributed by atoms with Crippen molar-refractivity contribution in [2.75, 3.05) is 13.1 Å². The Morgan fingerprint density at radius 2 is 1.68 bits per heavy atom. The Morgan fingerprint density at radius 1 is 1.08 bits per heavy atom. The minimum Gasteiger partial charge on any atom is -0.423 e. The van der Waals surface area contributed by atoms with Crippen LogP contribution in [0.25, 0.3) is 0 Å². The monoisotopic (exact) mass is 381 g/mol. The molecule has 5 nitrogen and oxygen atoms in total. The van der Waals surface area contributed by atoms with Gasteiger partial charge in [0.2, 0.25) is 10.0 Å². The van der Waals surface area contributed by atoms with Gasteiger partial charge in [0, 0.05) is 13.1 Å². The molecule has 0 amide bonds. The fourth-order valence-electron chi connectivity index (χ4n) is 2.30. The summed E-state index contributed by atoms with van der Waals surface area (Å²) in [4.78, 5) is 12.2. The summed E-state index contributed by atoms with van der Waals surface area (Å²) in [5.74, 6) is -0.254. The first kappa shape index (κ1) is 19.4. The molecule has 2 rings (SSSR count). The van der Waals surface area contributed by atoms with Crippen molar-refractivity contribution in [2.24, 2.45) is 0 Å². The van der Waals surface area contributed by atoms with Gasteiger partial charge < -0.3 is 4.74 Å². The van der Waals surface area contributed by atoms with Crippen LogP contribution in [-0.4, -0.2) is 31.8 Å². The van der Waals surface area contributed by atoms with E-state index in [1.165, 1.54) is 22.5 Å². The minimum absolute atomic E-state index is 0.0683. The van der Waals surface area contributed by atoms with Gasteiger partial charge in [-0.25, -0.2) is 13.2 Å². The molecule has 134 valence electrons. The van der Waals surface area contributed by atoms with Crippen LogP contribution >= 0.6 is 11.6 Å². The second-order valence-electron chi connectivity index (χ2n) is 5.44. The lowest BCUT2D eigenvalue weighted by atomic mass is 10.2. The van der Waals surface area contributed by atoms with Gasteiger partial charge in [0.15, 0.2) is 0 Å². The van der Waals surface area contributed by atoms with E-state index >= 15 is 0 Å². The maximum absolute atomic E-state index is 12.7. The smallest absolute Gasteiger partial charge is 0.343 e. The Morgan fingerprint density at radius 3 is 2.24 bits per heavy atom. The quantitative estimate of drug-likeness (QED) is 0.562. The van der Waals surface area contributed by atoms with Gasteiger partial charge in [-0.3, -0.25) is 0 Å². The average Bonchev–Trinajstić information content (AvgIpc) is 2.58. The highest BCUT2D eigenvalue weighted by atomic mass is 35.5. The van der Waals surface area contributed by atoms with Gasteiger partial charge in [-0.05, 0) is 37.3 Å². The zero-order chi connectivity index (χ0) is 18.6. The fourth-order valence-corrected chi connectivity index (χ4v) is 4.26. The molecule has 0 spiro atoms. The fraction of sp³-hybridized carbons (Fsp3) is 0.278. The van der Waals surface area contributed by atoms with E-state index in [9.17, 15) is 13.2 Å². The van der Waals surface area contributed by atoms with Crippen molar-refractivity contribution < 1.29 is 17.9 Å². The minimum atomic E-state index is -3.77. The zero-order valence-electron chi connectivity index (χ0n) is 14.3. The first-order chi connectivity index (χ1) is 11.8. The number of nitrogens with zero attached hydrogens (tertiary/aromatic N) is 1. The molecule has 0 fully saturated rings. The summed E-state index contributed by atoms with van der Waals surface area (Å²) >= 11 is 6.06. The molecule has 0 aliphatic rings. The molecule has 0 radical (unpaired) electrons. The van der Waals surface area contributed by atoms with Crippen molar-refractivity contribution in [3.8, 4) is 5.75 Å². The highest BCUT2D eigenvalue weighted by molar-refractivity contribution is 7.89. The summed E-state index contributed by atoms with van der Waals surface area (Å²) in [5.41, 5.74) is 1.16. The molecule has 0 saturated heterocycles. The van der Waals surface area contributed by atoms with Crippen molar-refractivity contribution in [1.29, 1.82) is 0 Å². The second-order valence-corrected chi connectivity index (χ2v) is 7.75. The Hall–Kier alpha value is -1.89. The van der Waals surface area contributed by atoms with Gasteiger partial charge >= 0.3 is 5.97 Å². The SMILES string of the molecule is CCN(CC)S(=O)(=O)c1cc(C(=O)Oc2ccc(C)cc2)ccc1Cl. The van der Waals surface area contributed by atoms with Crippen LogP contribution in [0.2, 0.25) is 5.02 Å². The lowest BCUT2D eigenvalue weighted by molar-refractivity contribution is 0.0734. The highest BCUT2D eigenvalue weighted by Crippen LogP contribution is 2.26. The molecule has 0 N–H and O–H groups in total. The maximum atomic E-state index is 12.7. The normalized spacial score (nSPS) is 11.6. The van der Waals surface area contributed by atoms with Crippen LogP contribution in [0.4, 0.5) is 0 Å². The van der Waals surface area contributed by atoms with Gasteiger partial charge in [0.25, 0.3) is 0 Å². The van der Waals surface area contributed by atoms with Crippen molar-refractivity contribution in [3.63, 3.8) is 0 Å². The number of hydrogen-bond acceptors (Lipinski definition) is 4. The molecule has 0 aromatic heterocycles. The van der Waals surface area contributed by atoms with E-state index in [-0.39, 0.29) is 15.5 Å². The molecule has 7 heteroatoms. The molecular formula is C18H20ClNO4S. The third-order valence-electron chi connectivity index (χ3n) is 3.72. The summed E-state index contributed by atoms with van der Waals surface area (Å²) in [5, 5.41) is 0.0683. The Bertz CT molecular complexity index is 859. The Labute approximate surface area is 153 Å². The van der Waals surface area contributed by atoms with Crippen LogP contribution < -0.4 is 4.74 Å². The number of halogens is 1. The van der Waals surface area contributed by atoms with E-state index in [2.05, 4.69) is 0 Å². The number of ether oxygens (including phenoxy) is 1. The molecule has 2 aromatic carbocycles. The third kappa shape index (κ3) is 4.39. The van der Waals surface area contributed by atoms with E-state index in [0.29, 0.717) is 18.8 Å². The van der Waals surface area contributed by atoms with E-state index in [4.69, 9.17) is 16.3 Å². The molecule has 0 unspecified atom stereocenters. The summed E-state index contributed by atoms with van der Waals surface area (Å²) in [6.07, 6.45) is 0. The molecule has 0 aliphatic heterocycles. The van der Waals surface area contributed by atoms with E-state index < -0.39 is 16.0 Å². The number of carbonyl (C=O) groups is 1. The molecule has 0 atom stereocenters. The van der Waals surface area contributed by atoms with E-state index in [0.717, 1.165) is 5.56 Å². The molecule has 25 heavy (non-hydrogen) atoms. The number of esters is 1. The largest absolute Gasteiger partial charge is 0.423 e. The van der Waals surface area contributed by atoms with Crippen molar-refractivity contribution in [2.45, 2.75) is 25.7 Å². The van der Waals surface area contributed by atoms with Crippen LogP contribution in [0.3, 0.4) is 0 Å². The average molecular weight is 382 g/mol. The summed E-state index contributed by atoms with van der Waals surface area (Å²) in [7, 11) is -3.77. The second kappa shape index (κ2) is 7.99. The van der Waals surface area contributed by atoms with Crippen LogP contribution in [0, 0.1) is 6.92 Å². The molecule has 0 saturated carbocycles. The Kier molecular flexibility index (Phi) is 6.21. The van der Waals surface area contributed by atoms with E-state index in [1.54, 1.807) is 26.0 Å². The third-order valence-corrected chi connectivity index (χ3v) is 6.25. The number of benzene rings is 2. The van der Waals surface area contributed by atoms with Crippen molar-refractivity contribution in [3.05, 3.63) is 58.6 Å². The summed E-state index contributed by atoms with van der Waals surface area (Å²) in [6.45, 7) is 6.03. The highest BCUT2D eigenvalue weighted by Gasteiger charge is 2.26. The molecule has 0 heterocycles. The van der Waals surface area contributed by atoms with Gasteiger partial charge in [-0.2, -0.15) is 4.31 Å². The molecule has 2 aromatic rings. The maximum Gasteiger partial charge on any atom is 0.343 e. The lowest BCUT2D eigenvalue weighted by Crippen LogP contribution is -2.31. The number of hydrogen-bond donors (Lipinski definition) is 0. The van der Waals surface area contributed by atoms with Gasteiger partial charge in [0.1, 0.15) is 10.6 Å². The first-order valence-corrected chi connectivity index (χ1v) is 9.70. The predicted octanol–water partition coefficient (Wildman–Crippen LogP) is 3.90. The first-order valence-electron chi connectivity index (χ1n) is 7.88. The number of sulfonamides is 1. The van der Waals surface area contributed by atoms with E-state index in [1.807, 2.05) is 19.1 Å². The molecular weight excluding hydrogens is 362 g/mol. The summed E-state index contributed by atoms with van der Waals surface area (Å²) < 4.78 is 31.9. The van der Waals surface area contributed by atoms with Crippen molar-refractivity contribution >= 4 is 27.6 Å². The lowest BCUT2D eigenvalue weighted by Gasteiger charge is -2.19. The van der Waals surface area contributed by atoms with Crippen molar-refractivity contribution in [1.82, 2.24) is 4.31 Å². The Balaban J connectivity index is 2.35. The van der Waals surface area contributed by atoms with Crippen LogP contribution in [0.15, 0.2) is 47.4 Å². The number of rotatable bonds is 6. The van der Waals surface area contributed by atoms with Gasteiger partial charge in [-0.15, -0.1) is 0 Å². The molecule has 0 bridgehead atoms. The standard InChI is InChI=1S/C18H20ClNO4S/c1-4-20(5-2)25(22,23)17-12-14(8-11-16(17)19)18(21)24-15-9-6-13(3)7-10-15/h6-12H,4-5H2,1-3H3.